The third-order valence-corrected chi connectivity index (χ3v) is 9.35. The monoisotopic (exact) mass is 538 g/mol. The molecule has 38 heavy (non-hydrogen) atoms. The van der Waals surface area contributed by atoms with Gasteiger partial charge in [0, 0.05) is 22.4 Å². The first-order chi connectivity index (χ1) is 18.5. The van der Waals surface area contributed by atoms with Crippen molar-refractivity contribution in [2.75, 3.05) is 0 Å². The highest BCUT2D eigenvalue weighted by molar-refractivity contribution is 8.14. The van der Waals surface area contributed by atoms with Gasteiger partial charge in [-0.1, -0.05) is 66.4 Å². The predicted octanol–water partition coefficient (Wildman–Crippen LogP) is 5.04. The van der Waals surface area contributed by atoms with Crippen molar-refractivity contribution in [2.24, 2.45) is 4.40 Å². The van der Waals surface area contributed by atoms with E-state index in [1.165, 1.54) is 28.5 Å². The van der Waals surface area contributed by atoms with Crippen LogP contribution in [0, 0.1) is 6.92 Å². The lowest BCUT2D eigenvalue weighted by atomic mass is 9.89. The number of nitrogens with zero attached hydrogens (tertiary/aromatic N) is 6. The summed E-state index contributed by atoms with van der Waals surface area (Å²) in [5, 5.41) is 13.8. The normalized spacial score (nSPS) is 15.3. The maximum atomic E-state index is 13.3. The molecule has 1 aliphatic heterocycles. The zero-order valence-electron chi connectivity index (χ0n) is 20.4. The summed E-state index contributed by atoms with van der Waals surface area (Å²) in [6, 6.07) is 24.7. The number of aryl methyl sites for hydroxylation is 1. The third kappa shape index (κ3) is 3.71. The number of fused-ring (bicyclic) bond motifs is 4. The molecule has 0 saturated heterocycles. The zero-order valence-corrected chi connectivity index (χ0v) is 22.1. The first-order valence-electron chi connectivity index (χ1n) is 12.2. The fourth-order valence-electron chi connectivity index (χ4n) is 5.09. The quantitative estimate of drug-likeness (QED) is 0.318. The van der Waals surface area contributed by atoms with E-state index in [-0.39, 0.29) is 4.90 Å². The molecule has 0 saturated carbocycles. The van der Waals surface area contributed by atoms with E-state index in [0.717, 1.165) is 35.5 Å². The molecular weight excluding hydrogens is 516 g/mol. The van der Waals surface area contributed by atoms with Crippen LogP contribution < -0.4 is 0 Å². The second kappa shape index (κ2) is 8.78. The average molecular weight is 539 g/mol. The molecule has 1 aliphatic carbocycles. The second-order valence-electron chi connectivity index (χ2n) is 9.25. The van der Waals surface area contributed by atoms with E-state index in [9.17, 15) is 8.42 Å². The van der Waals surface area contributed by atoms with Gasteiger partial charge in [0.1, 0.15) is 5.82 Å². The minimum atomic E-state index is -3.95. The van der Waals surface area contributed by atoms with Crippen molar-refractivity contribution in [1.82, 2.24) is 24.5 Å². The highest BCUT2D eigenvalue weighted by Crippen LogP contribution is 2.35. The average Bonchev–Trinajstić information content (AvgIpc) is 3.64. The lowest BCUT2D eigenvalue weighted by Crippen LogP contribution is -2.10. The molecule has 3 aromatic carbocycles. The Morgan fingerprint density at radius 1 is 0.895 bits per heavy atom. The Balaban J connectivity index is 1.22. The molecule has 0 bridgehead atoms. The lowest BCUT2D eigenvalue weighted by Gasteiger charge is -2.14. The van der Waals surface area contributed by atoms with Crippen molar-refractivity contribution in [3.63, 3.8) is 0 Å². The summed E-state index contributed by atoms with van der Waals surface area (Å²) in [4.78, 5) is 0.122. The van der Waals surface area contributed by atoms with Crippen LogP contribution in [0.4, 0.5) is 0 Å². The number of benzene rings is 3. The van der Waals surface area contributed by atoms with Crippen LogP contribution in [-0.2, 0) is 28.6 Å². The first kappa shape index (κ1) is 23.1. The van der Waals surface area contributed by atoms with E-state index in [2.05, 4.69) is 39.7 Å². The number of sulfonamides is 1. The molecule has 3 heterocycles. The first-order valence-corrected chi connectivity index (χ1v) is 14.7. The van der Waals surface area contributed by atoms with E-state index in [1.54, 1.807) is 28.8 Å². The van der Waals surface area contributed by atoms with Gasteiger partial charge >= 0.3 is 0 Å². The summed E-state index contributed by atoms with van der Waals surface area (Å²) in [5.41, 5.74) is 7.45. The SMILES string of the molecule is Cc1c2c(nn1-c1ccc(S(=O)(=O)/N=C3\SCc4nnc(-c5ccccc5)n43)cc1)-c1ccccc1CC2. The lowest BCUT2D eigenvalue weighted by molar-refractivity contribution is 0.598. The van der Waals surface area contributed by atoms with E-state index >= 15 is 0 Å². The van der Waals surface area contributed by atoms with Gasteiger partial charge < -0.3 is 0 Å². The van der Waals surface area contributed by atoms with E-state index in [4.69, 9.17) is 5.10 Å². The van der Waals surface area contributed by atoms with Crippen molar-refractivity contribution in [3.8, 4) is 28.3 Å². The van der Waals surface area contributed by atoms with E-state index < -0.39 is 10.0 Å². The summed E-state index contributed by atoms with van der Waals surface area (Å²) in [5.74, 6) is 1.77. The molecule has 5 aromatic rings. The molecule has 8 nitrogen and oxygen atoms in total. The Morgan fingerprint density at radius 2 is 1.66 bits per heavy atom. The molecular formula is C28H22N6O2S2. The Morgan fingerprint density at radius 3 is 2.47 bits per heavy atom. The number of aromatic nitrogens is 5. The van der Waals surface area contributed by atoms with Crippen LogP contribution in [0.15, 0.2) is 88.2 Å². The number of rotatable bonds is 4. The van der Waals surface area contributed by atoms with Gasteiger partial charge in [-0.3, -0.25) is 4.57 Å². The Labute approximate surface area is 224 Å². The minimum Gasteiger partial charge on any atom is -0.255 e. The fourth-order valence-corrected chi connectivity index (χ4v) is 7.24. The van der Waals surface area contributed by atoms with Crippen molar-refractivity contribution in [3.05, 3.63) is 102 Å². The van der Waals surface area contributed by atoms with Gasteiger partial charge in [0.05, 0.1) is 22.0 Å². The molecule has 0 radical (unpaired) electrons. The third-order valence-electron chi connectivity index (χ3n) is 7.02. The summed E-state index contributed by atoms with van der Waals surface area (Å²) >= 11 is 1.34. The zero-order chi connectivity index (χ0) is 25.9. The molecule has 0 N–H and O–H groups in total. The molecule has 0 unspecified atom stereocenters. The molecule has 0 atom stereocenters. The number of hydrogen-bond donors (Lipinski definition) is 0. The molecule has 2 aliphatic rings. The predicted molar refractivity (Wildman–Crippen MR) is 148 cm³/mol. The standard InChI is InChI=1S/C28H22N6O2S2/c1-18-23-16-11-19-7-5-6-10-24(19)26(23)31-34(18)21-12-14-22(15-13-21)38(35,36)32-28-33-25(17-37-28)29-30-27(33)20-8-3-2-4-9-20/h2-10,12-15H,11,16-17H2,1H3/b32-28-. The molecule has 7 rings (SSSR count). The molecule has 0 amide bonds. The molecule has 10 heteroatoms. The van der Waals surface area contributed by atoms with Gasteiger partial charge in [0.15, 0.2) is 11.0 Å². The Kier molecular flexibility index (Phi) is 5.34. The van der Waals surface area contributed by atoms with Crippen LogP contribution in [0.3, 0.4) is 0 Å². The van der Waals surface area contributed by atoms with Crippen molar-refractivity contribution < 1.29 is 8.42 Å². The maximum Gasteiger partial charge on any atom is 0.284 e. The second-order valence-corrected chi connectivity index (χ2v) is 11.8. The van der Waals surface area contributed by atoms with Crippen LogP contribution in [0.1, 0.15) is 22.6 Å². The Bertz CT molecular complexity index is 1840. The van der Waals surface area contributed by atoms with Gasteiger partial charge in [0.2, 0.25) is 0 Å². The minimum absolute atomic E-state index is 0.122. The topological polar surface area (TPSA) is 95.0 Å². The van der Waals surface area contributed by atoms with E-state index in [1.807, 2.05) is 41.1 Å². The number of thioether (sulfide) groups is 1. The maximum absolute atomic E-state index is 13.3. The molecule has 0 fully saturated rings. The van der Waals surface area contributed by atoms with Crippen LogP contribution in [0.25, 0.3) is 28.3 Å². The van der Waals surface area contributed by atoms with Gasteiger partial charge in [-0.2, -0.15) is 13.5 Å². The van der Waals surface area contributed by atoms with Crippen LogP contribution in [0.5, 0.6) is 0 Å². The van der Waals surface area contributed by atoms with Gasteiger partial charge in [0.25, 0.3) is 10.0 Å². The van der Waals surface area contributed by atoms with Crippen LogP contribution in [0.2, 0.25) is 0 Å². The highest BCUT2D eigenvalue weighted by atomic mass is 32.2. The van der Waals surface area contributed by atoms with Gasteiger partial charge in [-0.25, -0.2) is 4.68 Å². The van der Waals surface area contributed by atoms with E-state index in [0.29, 0.717) is 22.6 Å². The van der Waals surface area contributed by atoms with Crippen molar-refractivity contribution in [1.29, 1.82) is 0 Å². The molecule has 2 aromatic heterocycles. The highest BCUT2D eigenvalue weighted by Gasteiger charge is 2.28. The summed E-state index contributed by atoms with van der Waals surface area (Å²) < 4.78 is 34.4. The van der Waals surface area contributed by atoms with Crippen LogP contribution in [-0.4, -0.2) is 38.1 Å². The van der Waals surface area contributed by atoms with Crippen LogP contribution >= 0.6 is 11.8 Å². The Hall–Kier alpha value is -4.02. The smallest absolute Gasteiger partial charge is 0.255 e. The van der Waals surface area contributed by atoms with Crippen molar-refractivity contribution >= 4 is 27.0 Å². The fraction of sp³-hybridized carbons (Fsp3) is 0.143. The number of hydrogen-bond acceptors (Lipinski definition) is 6. The van der Waals surface area contributed by atoms with Gasteiger partial charge in [-0.05, 0) is 49.6 Å². The molecule has 0 spiro atoms. The van der Waals surface area contributed by atoms with Gasteiger partial charge in [-0.15, -0.1) is 14.6 Å². The van der Waals surface area contributed by atoms with Crippen molar-refractivity contribution in [2.45, 2.75) is 30.4 Å². The summed E-state index contributed by atoms with van der Waals surface area (Å²) in [6.07, 6.45) is 1.93. The summed E-state index contributed by atoms with van der Waals surface area (Å²) in [7, 11) is -3.95. The molecule has 188 valence electrons. The summed E-state index contributed by atoms with van der Waals surface area (Å²) in [6.45, 7) is 2.06. The largest absolute Gasteiger partial charge is 0.284 e.